The largest absolute Gasteiger partial charge is 0.481 e. The van der Waals surface area contributed by atoms with E-state index < -0.39 is 5.97 Å². The highest BCUT2D eigenvalue weighted by Crippen LogP contribution is 2.32. The molecule has 1 N–H and O–H groups in total. The lowest BCUT2D eigenvalue weighted by Crippen LogP contribution is -2.37. The molecule has 3 rings (SSSR count). The lowest BCUT2D eigenvalue weighted by Gasteiger charge is -2.35. The van der Waals surface area contributed by atoms with Gasteiger partial charge < -0.3 is 10.0 Å². The van der Waals surface area contributed by atoms with Crippen molar-refractivity contribution in [2.45, 2.75) is 19.8 Å². The fraction of sp³-hybridized carbons (Fsp3) is 0.412. The van der Waals surface area contributed by atoms with Gasteiger partial charge in [0.1, 0.15) is 5.82 Å². The Morgan fingerprint density at radius 1 is 1.36 bits per heavy atom. The topological polar surface area (TPSA) is 53.4 Å². The number of hydrogen-bond acceptors (Lipinski definition) is 3. The van der Waals surface area contributed by atoms with E-state index in [0.717, 1.165) is 42.5 Å². The number of carboxylic acid groups (broad SMARTS) is 1. The van der Waals surface area contributed by atoms with E-state index in [2.05, 4.69) is 9.88 Å². The number of piperidine rings is 1. The number of aliphatic carboxylic acids is 1. The predicted octanol–water partition coefficient (Wildman–Crippen LogP) is 3.31. The van der Waals surface area contributed by atoms with Crippen LogP contribution in [0.15, 0.2) is 30.5 Å². The lowest BCUT2D eigenvalue weighted by molar-refractivity contribution is -0.143. The van der Waals surface area contributed by atoms with Crippen LogP contribution in [-0.2, 0) is 4.79 Å². The van der Waals surface area contributed by atoms with Crippen LogP contribution in [0.5, 0.6) is 0 Å². The van der Waals surface area contributed by atoms with Gasteiger partial charge in [0.15, 0.2) is 0 Å². The van der Waals surface area contributed by atoms with Gasteiger partial charge >= 0.3 is 5.97 Å². The number of rotatable bonds is 3. The van der Waals surface area contributed by atoms with Crippen LogP contribution >= 0.6 is 0 Å². The van der Waals surface area contributed by atoms with Crippen molar-refractivity contribution in [1.82, 2.24) is 4.98 Å². The van der Waals surface area contributed by atoms with E-state index in [1.165, 1.54) is 12.1 Å². The van der Waals surface area contributed by atoms with Gasteiger partial charge in [-0.3, -0.25) is 9.78 Å². The highest BCUT2D eigenvalue weighted by Gasteiger charge is 2.28. The quantitative estimate of drug-likeness (QED) is 0.945. The highest BCUT2D eigenvalue weighted by atomic mass is 19.1. The maximum Gasteiger partial charge on any atom is 0.306 e. The second-order valence-electron chi connectivity index (χ2n) is 5.94. The Morgan fingerprint density at radius 2 is 2.09 bits per heavy atom. The van der Waals surface area contributed by atoms with Gasteiger partial charge in [0, 0.05) is 30.4 Å². The van der Waals surface area contributed by atoms with Crippen LogP contribution in [0.2, 0.25) is 0 Å². The molecule has 2 heterocycles. The highest BCUT2D eigenvalue weighted by molar-refractivity contribution is 5.91. The van der Waals surface area contributed by atoms with Crippen molar-refractivity contribution in [2.75, 3.05) is 18.0 Å². The van der Waals surface area contributed by atoms with Crippen molar-refractivity contribution >= 4 is 22.6 Å². The van der Waals surface area contributed by atoms with Crippen LogP contribution in [0.4, 0.5) is 10.1 Å². The van der Waals surface area contributed by atoms with Crippen LogP contribution in [0, 0.1) is 17.7 Å². The number of nitrogens with zero attached hydrogens (tertiary/aromatic N) is 2. The van der Waals surface area contributed by atoms with Gasteiger partial charge in [-0.25, -0.2) is 4.39 Å². The summed E-state index contributed by atoms with van der Waals surface area (Å²) < 4.78 is 13.5. The van der Waals surface area contributed by atoms with Crippen molar-refractivity contribution in [2.24, 2.45) is 11.8 Å². The van der Waals surface area contributed by atoms with Crippen molar-refractivity contribution in [1.29, 1.82) is 0 Å². The molecule has 0 aliphatic carbocycles. The first-order valence-corrected chi connectivity index (χ1v) is 7.58. The van der Waals surface area contributed by atoms with Crippen molar-refractivity contribution < 1.29 is 14.3 Å². The zero-order valence-corrected chi connectivity index (χ0v) is 12.5. The molecular formula is C17H19FN2O2. The Labute approximate surface area is 128 Å². The fourth-order valence-corrected chi connectivity index (χ4v) is 3.22. The Morgan fingerprint density at radius 3 is 2.77 bits per heavy atom. The third-order valence-electron chi connectivity index (χ3n) is 4.66. The summed E-state index contributed by atoms with van der Waals surface area (Å²) in [5.74, 6) is -1.10. The third kappa shape index (κ3) is 2.75. The fourth-order valence-electron chi connectivity index (χ4n) is 3.22. The Balaban J connectivity index is 1.82. The smallest absolute Gasteiger partial charge is 0.306 e. The molecule has 1 aliphatic rings. The molecule has 4 nitrogen and oxygen atoms in total. The van der Waals surface area contributed by atoms with Crippen molar-refractivity contribution in [3.63, 3.8) is 0 Å². The average Bonchev–Trinajstić information content (AvgIpc) is 2.53. The molecule has 1 saturated heterocycles. The van der Waals surface area contributed by atoms with E-state index in [4.69, 9.17) is 5.11 Å². The van der Waals surface area contributed by atoms with Crippen molar-refractivity contribution in [3.05, 3.63) is 36.3 Å². The number of carboxylic acids is 1. The summed E-state index contributed by atoms with van der Waals surface area (Å²) >= 11 is 0. The number of aromatic nitrogens is 1. The van der Waals surface area contributed by atoms with E-state index in [1.807, 2.05) is 6.07 Å². The summed E-state index contributed by atoms with van der Waals surface area (Å²) in [5, 5.41) is 9.94. The number of pyridine rings is 1. The predicted molar refractivity (Wildman–Crippen MR) is 83.4 cm³/mol. The van der Waals surface area contributed by atoms with Gasteiger partial charge in [0.2, 0.25) is 0 Å². The van der Waals surface area contributed by atoms with E-state index in [-0.39, 0.29) is 17.7 Å². The number of halogens is 1. The monoisotopic (exact) mass is 302 g/mol. The molecule has 1 unspecified atom stereocenters. The lowest BCUT2D eigenvalue weighted by atomic mass is 9.85. The van der Waals surface area contributed by atoms with E-state index in [9.17, 15) is 9.18 Å². The summed E-state index contributed by atoms with van der Waals surface area (Å²) in [6.07, 6.45) is 3.42. The molecule has 0 spiro atoms. The molecule has 2 aromatic rings. The molecule has 116 valence electrons. The molecule has 0 bridgehead atoms. The summed E-state index contributed by atoms with van der Waals surface area (Å²) in [7, 11) is 0. The Bertz CT molecular complexity index is 696. The van der Waals surface area contributed by atoms with E-state index in [0.29, 0.717) is 0 Å². The molecule has 0 amide bonds. The number of carbonyl (C=O) groups is 1. The molecule has 22 heavy (non-hydrogen) atoms. The molecule has 1 aliphatic heterocycles. The maximum absolute atomic E-state index is 13.5. The number of anilines is 1. The summed E-state index contributed by atoms with van der Waals surface area (Å²) in [6.45, 7) is 3.36. The number of hydrogen-bond donors (Lipinski definition) is 1. The SMILES string of the molecule is CC(C(=O)O)C1CCN(c2ccnc3ccc(F)cc23)CC1. The summed E-state index contributed by atoms with van der Waals surface area (Å²) in [5.41, 5.74) is 1.76. The van der Waals surface area contributed by atoms with Gasteiger partial charge in [0.05, 0.1) is 11.4 Å². The molecule has 5 heteroatoms. The molecule has 1 atom stereocenters. The Hall–Kier alpha value is -2.17. The van der Waals surface area contributed by atoms with Crippen LogP contribution in [-0.4, -0.2) is 29.1 Å². The standard InChI is InChI=1S/C17H19FN2O2/c1-11(17(21)22)12-5-8-20(9-6-12)16-4-7-19-15-3-2-13(18)10-14(15)16/h2-4,7,10-12H,5-6,8-9H2,1H3,(H,21,22). The molecule has 0 radical (unpaired) electrons. The second-order valence-corrected chi connectivity index (χ2v) is 5.94. The van der Waals surface area contributed by atoms with Gasteiger partial charge in [-0.1, -0.05) is 6.92 Å². The molecular weight excluding hydrogens is 283 g/mol. The van der Waals surface area contributed by atoms with E-state index >= 15 is 0 Å². The first kappa shape index (κ1) is 14.8. The molecule has 0 saturated carbocycles. The minimum Gasteiger partial charge on any atom is -0.481 e. The third-order valence-corrected chi connectivity index (χ3v) is 4.66. The zero-order valence-electron chi connectivity index (χ0n) is 12.5. The van der Waals surface area contributed by atoms with E-state index in [1.54, 1.807) is 19.2 Å². The van der Waals surface area contributed by atoms with Gasteiger partial charge in [-0.2, -0.15) is 0 Å². The van der Waals surface area contributed by atoms with Gasteiger partial charge in [0.25, 0.3) is 0 Å². The number of fused-ring (bicyclic) bond motifs is 1. The molecule has 1 aromatic carbocycles. The normalized spacial score (nSPS) is 17.6. The Kier molecular flexibility index (Phi) is 3.96. The summed E-state index contributed by atoms with van der Waals surface area (Å²) in [6, 6.07) is 6.53. The minimum absolute atomic E-state index is 0.207. The minimum atomic E-state index is -0.727. The van der Waals surface area contributed by atoms with Crippen molar-refractivity contribution in [3.8, 4) is 0 Å². The maximum atomic E-state index is 13.5. The summed E-state index contributed by atoms with van der Waals surface area (Å²) in [4.78, 5) is 17.6. The first-order valence-electron chi connectivity index (χ1n) is 7.58. The molecule has 1 aromatic heterocycles. The van der Waals surface area contributed by atoms with Crippen LogP contribution in [0.25, 0.3) is 10.9 Å². The average molecular weight is 302 g/mol. The van der Waals surface area contributed by atoms with Gasteiger partial charge in [-0.15, -0.1) is 0 Å². The molecule has 1 fully saturated rings. The van der Waals surface area contributed by atoms with Crippen LogP contribution in [0.1, 0.15) is 19.8 Å². The zero-order chi connectivity index (χ0) is 15.7. The van der Waals surface area contributed by atoms with Gasteiger partial charge in [-0.05, 0) is 43.0 Å². The van der Waals surface area contributed by atoms with Crippen LogP contribution < -0.4 is 4.90 Å². The number of benzene rings is 1. The first-order chi connectivity index (χ1) is 10.6. The van der Waals surface area contributed by atoms with Crippen LogP contribution in [0.3, 0.4) is 0 Å². The second kappa shape index (κ2) is 5.91.